The fourth-order valence-electron chi connectivity index (χ4n) is 3.29. The molecule has 0 radical (unpaired) electrons. The van der Waals surface area contributed by atoms with Crippen molar-refractivity contribution in [3.8, 4) is 0 Å². The molecule has 0 saturated carbocycles. The van der Waals surface area contributed by atoms with Crippen LogP contribution < -0.4 is 4.90 Å². The molecular formula is C20H23BrN2O3S. The number of rotatable bonds is 4. The van der Waals surface area contributed by atoms with Crippen LogP contribution >= 0.6 is 15.9 Å². The average Bonchev–Trinajstić information content (AvgIpc) is 2.68. The lowest BCUT2D eigenvalue weighted by Gasteiger charge is -2.33. The third-order valence-electron chi connectivity index (χ3n) is 4.94. The molecule has 1 aliphatic rings. The Morgan fingerprint density at radius 1 is 1.11 bits per heavy atom. The third kappa shape index (κ3) is 4.42. The van der Waals surface area contributed by atoms with Crippen LogP contribution in [0.4, 0.5) is 5.69 Å². The van der Waals surface area contributed by atoms with Crippen molar-refractivity contribution in [3.05, 3.63) is 58.6 Å². The van der Waals surface area contributed by atoms with Crippen molar-refractivity contribution >= 4 is 37.5 Å². The number of hydrogen-bond donors (Lipinski definition) is 0. The smallest absolute Gasteiger partial charge is 0.243 e. The first-order valence-electron chi connectivity index (χ1n) is 8.89. The van der Waals surface area contributed by atoms with Gasteiger partial charge in [-0.05, 0) is 56.2 Å². The van der Waals surface area contributed by atoms with Crippen molar-refractivity contribution in [2.75, 3.05) is 25.0 Å². The number of benzene rings is 2. The first kappa shape index (κ1) is 20.0. The number of carbonyl (C=O) groups is 1. The van der Waals surface area contributed by atoms with Gasteiger partial charge in [-0.2, -0.15) is 4.31 Å². The zero-order chi connectivity index (χ0) is 19.6. The first-order valence-corrected chi connectivity index (χ1v) is 11.1. The highest BCUT2D eigenvalue weighted by Gasteiger charge is 2.34. The molecule has 5 nitrogen and oxygen atoms in total. The summed E-state index contributed by atoms with van der Waals surface area (Å²) in [7, 11) is -1.85. The Balaban J connectivity index is 1.76. The number of anilines is 1. The zero-order valence-corrected chi connectivity index (χ0v) is 17.8. The number of aryl methyl sites for hydroxylation is 1. The molecule has 7 heteroatoms. The van der Waals surface area contributed by atoms with Crippen molar-refractivity contribution in [2.24, 2.45) is 5.92 Å². The molecule has 2 aromatic rings. The van der Waals surface area contributed by atoms with Crippen molar-refractivity contribution in [1.29, 1.82) is 0 Å². The van der Waals surface area contributed by atoms with Gasteiger partial charge in [-0.3, -0.25) is 4.79 Å². The standard InChI is InChI=1S/C20H23BrN2O3S/c1-15-5-9-18(10-6-15)22(2)20(24)16-4-3-13-23(14-16)27(25,26)19-11-7-17(21)8-12-19/h5-12,16H,3-4,13-14H2,1-2H3. The molecule has 1 aliphatic heterocycles. The molecule has 2 aromatic carbocycles. The fourth-order valence-corrected chi connectivity index (χ4v) is 5.08. The van der Waals surface area contributed by atoms with Gasteiger partial charge in [0.05, 0.1) is 10.8 Å². The molecule has 1 saturated heterocycles. The molecule has 1 heterocycles. The van der Waals surface area contributed by atoms with Gasteiger partial charge < -0.3 is 4.90 Å². The van der Waals surface area contributed by atoms with Crippen LogP contribution in [0.5, 0.6) is 0 Å². The summed E-state index contributed by atoms with van der Waals surface area (Å²) < 4.78 is 28.1. The highest BCUT2D eigenvalue weighted by atomic mass is 79.9. The van der Waals surface area contributed by atoms with Crippen molar-refractivity contribution in [3.63, 3.8) is 0 Å². The van der Waals surface area contributed by atoms with E-state index in [0.717, 1.165) is 15.7 Å². The van der Waals surface area contributed by atoms with E-state index in [0.29, 0.717) is 19.4 Å². The number of carbonyl (C=O) groups excluding carboxylic acids is 1. The normalized spacial score (nSPS) is 18.3. The van der Waals surface area contributed by atoms with Gasteiger partial charge >= 0.3 is 0 Å². The zero-order valence-electron chi connectivity index (χ0n) is 15.4. The van der Waals surface area contributed by atoms with E-state index in [2.05, 4.69) is 15.9 Å². The van der Waals surface area contributed by atoms with Gasteiger partial charge in [0.1, 0.15) is 0 Å². The van der Waals surface area contributed by atoms with Crippen LogP contribution in [0.25, 0.3) is 0 Å². The molecule has 144 valence electrons. The van der Waals surface area contributed by atoms with Gasteiger partial charge in [-0.1, -0.05) is 33.6 Å². The van der Waals surface area contributed by atoms with Crippen molar-refractivity contribution < 1.29 is 13.2 Å². The Hall–Kier alpha value is -1.70. The molecule has 1 unspecified atom stereocenters. The lowest BCUT2D eigenvalue weighted by Crippen LogP contribution is -2.45. The van der Waals surface area contributed by atoms with E-state index in [1.165, 1.54) is 4.31 Å². The summed E-state index contributed by atoms with van der Waals surface area (Å²) >= 11 is 3.32. The maximum Gasteiger partial charge on any atom is 0.243 e. The number of sulfonamides is 1. The molecule has 0 bridgehead atoms. The molecule has 1 fully saturated rings. The van der Waals surface area contributed by atoms with Crippen LogP contribution in [0, 0.1) is 12.8 Å². The monoisotopic (exact) mass is 450 g/mol. The Labute approximate surface area is 169 Å². The minimum Gasteiger partial charge on any atom is -0.315 e. The second-order valence-electron chi connectivity index (χ2n) is 6.89. The SMILES string of the molecule is Cc1ccc(N(C)C(=O)C2CCCN(S(=O)(=O)c3ccc(Br)cc3)C2)cc1. The molecule has 0 aliphatic carbocycles. The summed E-state index contributed by atoms with van der Waals surface area (Å²) in [5.74, 6) is -0.384. The van der Waals surface area contributed by atoms with E-state index in [4.69, 9.17) is 0 Å². The van der Waals surface area contributed by atoms with E-state index in [-0.39, 0.29) is 23.3 Å². The summed E-state index contributed by atoms with van der Waals surface area (Å²) in [6.07, 6.45) is 1.37. The van der Waals surface area contributed by atoms with Crippen LogP contribution in [0.15, 0.2) is 57.9 Å². The van der Waals surface area contributed by atoms with Crippen molar-refractivity contribution in [2.45, 2.75) is 24.7 Å². The van der Waals surface area contributed by atoms with Crippen LogP contribution in [0.2, 0.25) is 0 Å². The lowest BCUT2D eigenvalue weighted by atomic mass is 9.98. The quantitative estimate of drug-likeness (QED) is 0.710. The fraction of sp³-hybridized carbons (Fsp3) is 0.350. The van der Waals surface area contributed by atoms with Gasteiger partial charge in [0.2, 0.25) is 15.9 Å². The van der Waals surface area contributed by atoms with Crippen LogP contribution in [-0.4, -0.2) is 38.8 Å². The van der Waals surface area contributed by atoms with Gasteiger partial charge in [0.15, 0.2) is 0 Å². The minimum atomic E-state index is -3.60. The highest BCUT2D eigenvalue weighted by molar-refractivity contribution is 9.10. The summed E-state index contributed by atoms with van der Waals surface area (Å²) in [5.41, 5.74) is 1.95. The highest BCUT2D eigenvalue weighted by Crippen LogP contribution is 2.27. The number of hydrogen-bond acceptors (Lipinski definition) is 3. The van der Waals surface area contributed by atoms with Crippen LogP contribution in [0.3, 0.4) is 0 Å². The Kier molecular flexibility index (Phi) is 6.03. The second-order valence-corrected chi connectivity index (χ2v) is 9.74. The Morgan fingerprint density at radius 3 is 2.37 bits per heavy atom. The molecule has 27 heavy (non-hydrogen) atoms. The van der Waals surface area contributed by atoms with E-state index < -0.39 is 10.0 Å². The maximum absolute atomic E-state index is 12.9. The summed E-state index contributed by atoms with van der Waals surface area (Å²) in [5, 5.41) is 0. The third-order valence-corrected chi connectivity index (χ3v) is 7.34. The van der Waals surface area contributed by atoms with E-state index in [9.17, 15) is 13.2 Å². The predicted octanol–water partition coefficient (Wildman–Crippen LogP) is 3.82. The molecule has 0 spiro atoms. The molecule has 3 rings (SSSR count). The summed E-state index contributed by atoms with van der Waals surface area (Å²) in [4.78, 5) is 14.8. The Bertz CT molecular complexity index is 911. The largest absolute Gasteiger partial charge is 0.315 e. The van der Waals surface area contributed by atoms with E-state index in [1.807, 2.05) is 31.2 Å². The van der Waals surface area contributed by atoms with Gasteiger partial charge in [0, 0.05) is 30.3 Å². The first-order chi connectivity index (χ1) is 12.8. The molecule has 1 atom stereocenters. The van der Waals surface area contributed by atoms with Crippen LogP contribution in [-0.2, 0) is 14.8 Å². The summed E-state index contributed by atoms with van der Waals surface area (Å²) in [6.45, 7) is 2.65. The summed E-state index contributed by atoms with van der Waals surface area (Å²) in [6, 6.07) is 14.3. The van der Waals surface area contributed by atoms with Crippen LogP contribution in [0.1, 0.15) is 18.4 Å². The number of halogens is 1. The number of piperidine rings is 1. The lowest BCUT2D eigenvalue weighted by molar-refractivity contribution is -0.123. The number of amides is 1. The number of nitrogens with zero attached hydrogens (tertiary/aromatic N) is 2. The topological polar surface area (TPSA) is 57.7 Å². The molecule has 0 N–H and O–H groups in total. The van der Waals surface area contributed by atoms with E-state index >= 15 is 0 Å². The molecule has 0 aromatic heterocycles. The van der Waals surface area contributed by atoms with Gasteiger partial charge in [0.25, 0.3) is 0 Å². The Morgan fingerprint density at radius 2 is 1.74 bits per heavy atom. The predicted molar refractivity (Wildman–Crippen MR) is 110 cm³/mol. The second kappa shape index (κ2) is 8.12. The maximum atomic E-state index is 12.9. The molecule has 1 amide bonds. The van der Waals surface area contributed by atoms with Gasteiger partial charge in [-0.15, -0.1) is 0 Å². The van der Waals surface area contributed by atoms with E-state index in [1.54, 1.807) is 36.2 Å². The minimum absolute atomic E-state index is 0.0467. The van der Waals surface area contributed by atoms with Crippen molar-refractivity contribution in [1.82, 2.24) is 4.31 Å². The molecular weight excluding hydrogens is 428 g/mol. The average molecular weight is 451 g/mol. The van der Waals surface area contributed by atoms with Gasteiger partial charge in [-0.25, -0.2) is 8.42 Å².